The lowest BCUT2D eigenvalue weighted by molar-refractivity contribution is -0.138. The van der Waals surface area contributed by atoms with E-state index in [0.29, 0.717) is 13.0 Å². The van der Waals surface area contributed by atoms with E-state index in [4.69, 9.17) is 22.3 Å². The molecule has 1 amide bonds. The van der Waals surface area contributed by atoms with Gasteiger partial charge in [0.05, 0.1) is 0 Å². The first-order chi connectivity index (χ1) is 7.43. The molecule has 0 saturated heterocycles. The second-order valence-corrected chi connectivity index (χ2v) is 3.16. The lowest BCUT2D eigenvalue weighted by atomic mass is 10.2. The van der Waals surface area contributed by atoms with Crippen LogP contribution in [-0.4, -0.2) is 42.1 Å². The van der Waals surface area contributed by atoms with Gasteiger partial charge in [-0.25, -0.2) is 0 Å². The molecule has 8 nitrogen and oxygen atoms in total. The van der Waals surface area contributed by atoms with Crippen LogP contribution in [0.3, 0.4) is 0 Å². The number of carbonyl (C=O) groups is 2. The molecule has 0 spiro atoms. The van der Waals surface area contributed by atoms with E-state index in [-0.39, 0.29) is 24.8 Å². The summed E-state index contributed by atoms with van der Waals surface area (Å²) in [6, 6.07) is -1.08. The van der Waals surface area contributed by atoms with Crippen LogP contribution in [0.5, 0.6) is 0 Å². The molecule has 8 heteroatoms. The number of carbonyl (C=O) groups excluding carboxylic acids is 1. The summed E-state index contributed by atoms with van der Waals surface area (Å²) in [5.74, 6) is -1.45. The fourth-order valence-corrected chi connectivity index (χ4v) is 0.847. The Morgan fingerprint density at radius 3 is 2.50 bits per heavy atom. The first-order valence-corrected chi connectivity index (χ1v) is 4.74. The molecule has 0 unspecified atom stereocenters. The monoisotopic (exact) mass is 231 g/mol. The fraction of sp³-hybridized carbons (Fsp3) is 0.625. The maximum Gasteiger partial charge on any atom is 0.322 e. The lowest BCUT2D eigenvalue weighted by Gasteiger charge is -2.07. The van der Waals surface area contributed by atoms with Crippen LogP contribution >= 0.6 is 0 Å². The number of nitrogens with one attached hydrogen (secondary N) is 1. The summed E-state index contributed by atoms with van der Waals surface area (Å²) in [7, 11) is 0. The number of carboxylic acids is 1. The van der Waals surface area contributed by atoms with Gasteiger partial charge in [-0.3, -0.25) is 14.6 Å². The van der Waals surface area contributed by atoms with E-state index in [1.807, 2.05) is 0 Å². The number of rotatable bonds is 7. The smallest absolute Gasteiger partial charge is 0.322 e. The Morgan fingerprint density at radius 1 is 1.38 bits per heavy atom. The summed E-state index contributed by atoms with van der Waals surface area (Å²) in [5.41, 5.74) is 15.4. The van der Waals surface area contributed by atoms with Gasteiger partial charge in [0.15, 0.2) is 5.96 Å². The number of hydrogen-bond donors (Lipinski definition) is 5. The molecule has 0 aliphatic rings. The van der Waals surface area contributed by atoms with Gasteiger partial charge in [0.1, 0.15) is 6.04 Å². The van der Waals surface area contributed by atoms with Crippen LogP contribution in [0.2, 0.25) is 0 Å². The maximum atomic E-state index is 11.1. The van der Waals surface area contributed by atoms with Crippen molar-refractivity contribution in [1.82, 2.24) is 5.32 Å². The minimum atomic E-state index is -1.15. The molecule has 0 aromatic carbocycles. The lowest BCUT2D eigenvalue weighted by Crippen LogP contribution is -2.42. The largest absolute Gasteiger partial charge is 0.480 e. The number of carboxylic acid groups (broad SMARTS) is 1. The predicted molar refractivity (Wildman–Crippen MR) is 58.5 cm³/mol. The van der Waals surface area contributed by atoms with Crippen molar-refractivity contribution in [2.24, 2.45) is 22.2 Å². The van der Waals surface area contributed by atoms with E-state index < -0.39 is 12.0 Å². The number of nitrogens with two attached hydrogens (primary N) is 3. The van der Waals surface area contributed by atoms with E-state index in [1.54, 1.807) is 0 Å². The summed E-state index contributed by atoms with van der Waals surface area (Å²) in [4.78, 5) is 25.2. The number of guanidine groups is 1. The molecule has 16 heavy (non-hydrogen) atoms. The van der Waals surface area contributed by atoms with Gasteiger partial charge in [-0.15, -0.1) is 0 Å². The second kappa shape index (κ2) is 7.46. The van der Waals surface area contributed by atoms with Gasteiger partial charge in [-0.05, 0) is 6.42 Å². The second-order valence-electron chi connectivity index (χ2n) is 3.16. The van der Waals surface area contributed by atoms with Crippen molar-refractivity contribution in [1.29, 1.82) is 0 Å². The maximum absolute atomic E-state index is 11.1. The minimum absolute atomic E-state index is 0.0201. The van der Waals surface area contributed by atoms with Crippen molar-refractivity contribution in [3.8, 4) is 0 Å². The zero-order valence-corrected chi connectivity index (χ0v) is 8.85. The molecular weight excluding hydrogens is 214 g/mol. The highest BCUT2D eigenvalue weighted by molar-refractivity contribution is 5.78. The number of aliphatic carboxylic acids is 1. The van der Waals surface area contributed by atoms with Crippen molar-refractivity contribution < 1.29 is 14.7 Å². The molecule has 0 fully saturated rings. The van der Waals surface area contributed by atoms with E-state index in [2.05, 4.69) is 10.3 Å². The SMILES string of the molecule is NC(N)=NCCCC(=O)NC[C@H](N)C(=O)O. The third-order valence-corrected chi connectivity index (χ3v) is 1.69. The zero-order valence-electron chi connectivity index (χ0n) is 8.85. The molecule has 0 aliphatic carbocycles. The third-order valence-electron chi connectivity index (χ3n) is 1.69. The Kier molecular flexibility index (Phi) is 6.61. The normalized spacial score (nSPS) is 11.6. The first kappa shape index (κ1) is 14.2. The first-order valence-electron chi connectivity index (χ1n) is 4.74. The molecule has 0 aromatic rings. The predicted octanol–water partition coefficient (Wildman–Crippen LogP) is -2.43. The van der Waals surface area contributed by atoms with Gasteiger partial charge in [-0.1, -0.05) is 0 Å². The molecule has 0 rings (SSSR count). The summed E-state index contributed by atoms with van der Waals surface area (Å²) >= 11 is 0. The molecule has 8 N–H and O–H groups in total. The van der Waals surface area contributed by atoms with Crippen LogP contribution in [0.25, 0.3) is 0 Å². The van der Waals surface area contributed by atoms with Gasteiger partial charge < -0.3 is 27.6 Å². The van der Waals surface area contributed by atoms with E-state index in [9.17, 15) is 9.59 Å². The van der Waals surface area contributed by atoms with Crippen molar-refractivity contribution in [2.45, 2.75) is 18.9 Å². The number of amides is 1. The van der Waals surface area contributed by atoms with Gasteiger partial charge in [0, 0.05) is 19.5 Å². The van der Waals surface area contributed by atoms with Crippen LogP contribution in [0.4, 0.5) is 0 Å². The molecule has 0 bridgehead atoms. The highest BCUT2D eigenvalue weighted by Gasteiger charge is 2.11. The zero-order chi connectivity index (χ0) is 12.6. The quantitative estimate of drug-likeness (QED) is 0.186. The van der Waals surface area contributed by atoms with Crippen molar-refractivity contribution in [2.75, 3.05) is 13.1 Å². The van der Waals surface area contributed by atoms with Crippen LogP contribution in [0.1, 0.15) is 12.8 Å². The fourth-order valence-electron chi connectivity index (χ4n) is 0.847. The Morgan fingerprint density at radius 2 is 2.00 bits per heavy atom. The summed E-state index contributed by atoms with van der Waals surface area (Å²) in [6.45, 7) is 0.275. The van der Waals surface area contributed by atoms with Gasteiger partial charge in [0.25, 0.3) is 0 Å². The average molecular weight is 231 g/mol. The molecule has 0 aliphatic heterocycles. The highest BCUT2D eigenvalue weighted by atomic mass is 16.4. The summed E-state index contributed by atoms with van der Waals surface area (Å²) in [5, 5.41) is 10.8. The van der Waals surface area contributed by atoms with E-state index in [0.717, 1.165) is 0 Å². The minimum Gasteiger partial charge on any atom is -0.480 e. The summed E-state index contributed by atoms with van der Waals surface area (Å²) < 4.78 is 0. The van der Waals surface area contributed by atoms with Crippen LogP contribution in [0, 0.1) is 0 Å². The van der Waals surface area contributed by atoms with E-state index >= 15 is 0 Å². The van der Waals surface area contributed by atoms with Crippen molar-refractivity contribution >= 4 is 17.8 Å². The average Bonchev–Trinajstić information content (AvgIpc) is 2.20. The molecule has 92 valence electrons. The van der Waals surface area contributed by atoms with Gasteiger partial charge >= 0.3 is 5.97 Å². The molecule has 0 heterocycles. The van der Waals surface area contributed by atoms with E-state index in [1.165, 1.54) is 0 Å². The standard InChI is InChI=1S/C8H17N5O3/c9-5(7(15)16)4-13-6(14)2-1-3-12-8(10)11/h5H,1-4,9H2,(H,13,14)(H,15,16)(H4,10,11,12)/t5-/m0/s1. The molecule has 0 saturated carbocycles. The highest BCUT2D eigenvalue weighted by Crippen LogP contribution is 1.89. The third kappa shape index (κ3) is 7.56. The number of nitrogens with zero attached hydrogens (tertiary/aromatic N) is 1. The van der Waals surface area contributed by atoms with Gasteiger partial charge in [0.2, 0.25) is 5.91 Å². The van der Waals surface area contributed by atoms with Crippen LogP contribution < -0.4 is 22.5 Å². The Balaban J connectivity index is 3.60. The van der Waals surface area contributed by atoms with Gasteiger partial charge in [-0.2, -0.15) is 0 Å². The van der Waals surface area contributed by atoms with Crippen molar-refractivity contribution in [3.63, 3.8) is 0 Å². The Labute approximate surface area is 92.9 Å². The Bertz CT molecular complexity index is 275. The molecule has 0 aromatic heterocycles. The van der Waals surface area contributed by atoms with Crippen molar-refractivity contribution in [3.05, 3.63) is 0 Å². The Hall–Kier alpha value is -1.83. The van der Waals surface area contributed by atoms with Crippen LogP contribution in [-0.2, 0) is 9.59 Å². The number of aliphatic imine (C=N–C) groups is 1. The van der Waals surface area contributed by atoms with Crippen LogP contribution in [0.15, 0.2) is 4.99 Å². The molecular formula is C8H17N5O3. The topological polar surface area (TPSA) is 157 Å². The molecule has 1 atom stereocenters. The number of hydrogen-bond acceptors (Lipinski definition) is 4. The summed E-state index contributed by atoms with van der Waals surface area (Å²) in [6.07, 6.45) is 0.717. The molecule has 0 radical (unpaired) electrons.